The van der Waals surface area contributed by atoms with E-state index in [2.05, 4.69) is 5.32 Å². The van der Waals surface area contributed by atoms with Crippen LogP contribution in [0.1, 0.15) is 12.8 Å². The lowest BCUT2D eigenvalue weighted by atomic mass is 9.99. The van der Waals surface area contributed by atoms with Crippen LogP contribution in [0.2, 0.25) is 5.02 Å². The first-order valence-electron chi connectivity index (χ1n) is 6.67. The van der Waals surface area contributed by atoms with E-state index in [0.29, 0.717) is 13.1 Å². The van der Waals surface area contributed by atoms with Gasteiger partial charge in [0.05, 0.1) is 5.69 Å². The van der Waals surface area contributed by atoms with Gasteiger partial charge < -0.3 is 15.3 Å². The monoisotopic (exact) mass is 314 g/mol. The molecule has 21 heavy (non-hydrogen) atoms. The highest BCUT2D eigenvalue weighted by Crippen LogP contribution is 2.20. The van der Waals surface area contributed by atoms with Crippen LogP contribution in [-0.4, -0.2) is 41.5 Å². The molecule has 1 unspecified atom stereocenters. The van der Waals surface area contributed by atoms with Crippen molar-refractivity contribution in [3.05, 3.63) is 29.0 Å². The average molecular weight is 315 g/mol. The van der Waals surface area contributed by atoms with Crippen molar-refractivity contribution in [3.8, 4) is 0 Å². The zero-order valence-corrected chi connectivity index (χ0v) is 12.1. The maximum absolute atomic E-state index is 13.5. The van der Waals surface area contributed by atoms with Gasteiger partial charge in [-0.1, -0.05) is 11.6 Å². The molecule has 114 valence electrons. The topological polar surface area (TPSA) is 69.6 Å². The highest BCUT2D eigenvalue weighted by molar-refractivity contribution is 6.39. The number of carbonyl (C=O) groups excluding carboxylic acids is 2. The van der Waals surface area contributed by atoms with Gasteiger partial charge >= 0.3 is 11.8 Å². The van der Waals surface area contributed by atoms with Gasteiger partial charge in [-0.3, -0.25) is 9.59 Å². The van der Waals surface area contributed by atoms with Crippen LogP contribution in [0.5, 0.6) is 0 Å². The maximum Gasteiger partial charge on any atom is 0.313 e. The van der Waals surface area contributed by atoms with Crippen molar-refractivity contribution in [2.45, 2.75) is 12.8 Å². The summed E-state index contributed by atoms with van der Waals surface area (Å²) in [7, 11) is 0. The van der Waals surface area contributed by atoms with Gasteiger partial charge in [0.25, 0.3) is 0 Å². The molecule has 1 heterocycles. The van der Waals surface area contributed by atoms with E-state index in [9.17, 15) is 14.0 Å². The molecular formula is C14H16ClFN2O3. The number of anilines is 1. The molecule has 1 aliphatic rings. The Hall–Kier alpha value is -1.66. The summed E-state index contributed by atoms with van der Waals surface area (Å²) in [5, 5.41) is 11.6. The summed E-state index contributed by atoms with van der Waals surface area (Å²) in [5.74, 6) is -2.31. The fraction of sp³-hybridized carbons (Fsp3) is 0.429. The first kappa shape index (κ1) is 15.7. The highest BCUT2D eigenvalue weighted by atomic mass is 35.5. The third-order valence-electron chi connectivity index (χ3n) is 3.44. The number of hydrogen-bond acceptors (Lipinski definition) is 3. The van der Waals surface area contributed by atoms with Crippen LogP contribution in [0.3, 0.4) is 0 Å². The normalized spacial score (nSPS) is 18.4. The lowest BCUT2D eigenvalue weighted by molar-refractivity contribution is -0.144. The molecule has 0 spiro atoms. The molecular weight excluding hydrogens is 299 g/mol. The first-order chi connectivity index (χ1) is 10.0. The van der Waals surface area contributed by atoms with E-state index in [1.807, 2.05) is 0 Å². The lowest BCUT2D eigenvalue weighted by Crippen LogP contribution is -2.46. The van der Waals surface area contributed by atoms with Gasteiger partial charge in [-0.25, -0.2) is 4.39 Å². The van der Waals surface area contributed by atoms with Crippen molar-refractivity contribution in [1.82, 2.24) is 4.90 Å². The van der Waals surface area contributed by atoms with Crippen LogP contribution in [-0.2, 0) is 9.59 Å². The van der Waals surface area contributed by atoms with Crippen LogP contribution >= 0.6 is 11.6 Å². The zero-order chi connectivity index (χ0) is 15.4. The largest absolute Gasteiger partial charge is 0.396 e. The Kier molecular flexibility index (Phi) is 5.14. The van der Waals surface area contributed by atoms with Gasteiger partial charge in [0, 0.05) is 24.7 Å². The Morgan fingerprint density at radius 1 is 1.48 bits per heavy atom. The summed E-state index contributed by atoms with van der Waals surface area (Å²) in [4.78, 5) is 25.3. The molecule has 0 radical (unpaired) electrons. The molecule has 1 aromatic carbocycles. The second kappa shape index (κ2) is 6.87. The minimum Gasteiger partial charge on any atom is -0.396 e. The fourth-order valence-electron chi connectivity index (χ4n) is 2.31. The Morgan fingerprint density at radius 3 is 2.95 bits per heavy atom. The molecule has 0 aromatic heterocycles. The number of nitrogens with zero attached hydrogens (tertiary/aromatic N) is 1. The minimum absolute atomic E-state index is 0.0154. The molecule has 7 heteroatoms. The number of nitrogens with one attached hydrogen (secondary N) is 1. The van der Waals surface area contributed by atoms with Gasteiger partial charge in [0.15, 0.2) is 0 Å². The molecule has 1 fully saturated rings. The molecule has 5 nitrogen and oxygen atoms in total. The van der Waals surface area contributed by atoms with Crippen molar-refractivity contribution in [3.63, 3.8) is 0 Å². The van der Waals surface area contributed by atoms with Crippen molar-refractivity contribution in [2.75, 3.05) is 25.0 Å². The molecule has 0 bridgehead atoms. The molecule has 0 aliphatic carbocycles. The smallest absolute Gasteiger partial charge is 0.313 e. The highest BCUT2D eigenvalue weighted by Gasteiger charge is 2.27. The third kappa shape index (κ3) is 3.92. The first-order valence-corrected chi connectivity index (χ1v) is 7.05. The summed E-state index contributed by atoms with van der Waals surface area (Å²) in [6.07, 6.45) is 1.56. The lowest BCUT2D eigenvalue weighted by Gasteiger charge is -2.31. The second-order valence-electron chi connectivity index (χ2n) is 5.02. The van der Waals surface area contributed by atoms with Gasteiger partial charge in [-0.05, 0) is 37.0 Å². The molecule has 1 saturated heterocycles. The van der Waals surface area contributed by atoms with Gasteiger partial charge in [-0.2, -0.15) is 0 Å². The minimum atomic E-state index is -0.908. The fourth-order valence-corrected chi connectivity index (χ4v) is 2.48. The number of benzene rings is 1. The summed E-state index contributed by atoms with van der Waals surface area (Å²) in [6.45, 7) is 0.774. The van der Waals surface area contributed by atoms with Gasteiger partial charge in [-0.15, -0.1) is 0 Å². The van der Waals surface area contributed by atoms with Crippen LogP contribution in [0.4, 0.5) is 10.1 Å². The van der Waals surface area contributed by atoms with E-state index in [4.69, 9.17) is 16.7 Å². The van der Waals surface area contributed by atoms with Crippen LogP contribution < -0.4 is 5.32 Å². The Balaban J connectivity index is 2.02. The predicted octanol–water partition coefficient (Wildman–Crippen LogP) is 1.65. The Morgan fingerprint density at radius 2 is 2.24 bits per heavy atom. The standard InChI is InChI=1S/C14H16ClFN2O3/c15-10-3-4-11(16)12(6-10)17-13(20)14(21)18-5-1-2-9(7-18)8-19/h3-4,6,9,19H,1-2,5,7-8H2,(H,17,20). The van der Waals surface area contributed by atoms with E-state index >= 15 is 0 Å². The molecule has 2 N–H and O–H groups in total. The van der Waals surface area contributed by atoms with Gasteiger partial charge in [0.2, 0.25) is 0 Å². The summed E-state index contributed by atoms with van der Waals surface area (Å²) in [5.41, 5.74) is -0.128. The molecule has 1 aliphatic heterocycles. The van der Waals surface area contributed by atoms with E-state index in [-0.39, 0.29) is 23.2 Å². The van der Waals surface area contributed by atoms with E-state index in [0.717, 1.165) is 18.9 Å². The van der Waals surface area contributed by atoms with E-state index < -0.39 is 17.6 Å². The Bertz CT molecular complexity index is 553. The molecule has 2 amide bonds. The van der Waals surface area contributed by atoms with E-state index in [1.54, 1.807) is 0 Å². The summed E-state index contributed by atoms with van der Waals surface area (Å²) >= 11 is 5.73. The van der Waals surface area contributed by atoms with Crippen LogP contribution in [0, 0.1) is 11.7 Å². The van der Waals surface area contributed by atoms with E-state index in [1.165, 1.54) is 17.0 Å². The molecule has 0 saturated carbocycles. The number of hydrogen-bond donors (Lipinski definition) is 2. The quantitative estimate of drug-likeness (QED) is 0.816. The number of amides is 2. The number of rotatable bonds is 2. The SMILES string of the molecule is O=C(Nc1cc(Cl)ccc1F)C(=O)N1CCCC(CO)C1. The third-order valence-corrected chi connectivity index (χ3v) is 3.67. The zero-order valence-electron chi connectivity index (χ0n) is 11.3. The van der Waals surface area contributed by atoms with Crippen molar-refractivity contribution in [2.24, 2.45) is 5.92 Å². The van der Waals surface area contributed by atoms with Crippen LogP contribution in [0.15, 0.2) is 18.2 Å². The van der Waals surface area contributed by atoms with Gasteiger partial charge in [0.1, 0.15) is 5.82 Å². The molecule has 1 atom stereocenters. The number of piperidine rings is 1. The average Bonchev–Trinajstić information content (AvgIpc) is 2.50. The number of aliphatic hydroxyl groups excluding tert-OH is 1. The van der Waals surface area contributed by atoms with Crippen molar-refractivity contribution >= 4 is 29.1 Å². The maximum atomic E-state index is 13.5. The Labute approximate surface area is 126 Å². The van der Waals surface area contributed by atoms with Crippen molar-refractivity contribution < 1.29 is 19.1 Å². The second-order valence-corrected chi connectivity index (χ2v) is 5.46. The number of aliphatic hydroxyl groups is 1. The molecule has 1 aromatic rings. The molecule has 2 rings (SSSR count). The summed E-state index contributed by atoms with van der Waals surface area (Å²) in [6, 6.07) is 3.71. The van der Waals surface area contributed by atoms with Crippen LogP contribution in [0.25, 0.3) is 0 Å². The number of carbonyl (C=O) groups is 2. The summed E-state index contributed by atoms with van der Waals surface area (Å²) < 4.78 is 13.5. The number of halogens is 2. The van der Waals surface area contributed by atoms with Crippen molar-refractivity contribution in [1.29, 1.82) is 0 Å². The predicted molar refractivity (Wildman–Crippen MR) is 76.4 cm³/mol. The number of likely N-dealkylation sites (tertiary alicyclic amines) is 1.